The number of methoxy groups -OCH3 is 1. The van der Waals surface area contributed by atoms with E-state index < -0.39 is 5.82 Å². The highest BCUT2D eigenvalue weighted by atomic mass is 79.9. The molecule has 0 bridgehead atoms. The molecule has 0 aliphatic heterocycles. The number of aromatic nitrogens is 2. The molecule has 0 saturated carbocycles. The first-order valence-electron chi connectivity index (χ1n) is 4.98. The summed E-state index contributed by atoms with van der Waals surface area (Å²) in [6.07, 6.45) is 2.82. The zero-order chi connectivity index (χ0) is 13.1. The summed E-state index contributed by atoms with van der Waals surface area (Å²) in [7, 11) is 1.40. The molecular formula is C12H8BrFN2O2. The maximum atomic E-state index is 13.0. The molecule has 18 heavy (non-hydrogen) atoms. The first kappa shape index (κ1) is 12.6. The van der Waals surface area contributed by atoms with E-state index in [2.05, 4.69) is 25.9 Å². The summed E-state index contributed by atoms with van der Waals surface area (Å²) in [6, 6.07) is 3.81. The molecule has 0 fully saturated rings. The minimum Gasteiger partial charge on any atom is -0.479 e. The first-order chi connectivity index (χ1) is 8.63. The summed E-state index contributed by atoms with van der Waals surface area (Å²) in [5.74, 6) is -0.671. The van der Waals surface area contributed by atoms with Crippen LogP contribution in [0.4, 0.5) is 4.39 Å². The van der Waals surface area contributed by atoms with Crippen LogP contribution in [0.5, 0.6) is 5.88 Å². The van der Waals surface area contributed by atoms with Gasteiger partial charge in [-0.25, -0.2) is 14.4 Å². The second-order valence-corrected chi connectivity index (χ2v) is 4.22. The van der Waals surface area contributed by atoms with Gasteiger partial charge in [0.2, 0.25) is 11.7 Å². The molecule has 2 aromatic rings. The number of hydrogen-bond acceptors (Lipinski definition) is 4. The SMILES string of the molecule is COc1nccnc1C(=O)c1ccc(F)cc1Br. The molecule has 0 N–H and O–H groups in total. The zero-order valence-corrected chi connectivity index (χ0v) is 10.9. The van der Waals surface area contributed by atoms with Crippen molar-refractivity contribution in [3.63, 3.8) is 0 Å². The fourth-order valence-corrected chi connectivity index (χ4v) is 1.96. The summed E-state index contributed by atoms with van der Waals surface area (Å²) in [5, 5.41) is 0. The normalized spacial score (nSPS) is 10.2. The van der Waals surface area contributed by atoms with E-state index in [-0.39, 0.29) is 17.4 Å². The largest absolute Gasteiger partial charge is 0.479 e. The predicted octanol–water partition coefficient (Wildman–Crippen LogP) is 2.62. The van der Waals surface area contributed by atoms with Crippen LogP contribution in [0, 0.1) is 5.82 Å². The molecule has 1 aromatic heterocycles. The lowest BCUT2D eigenvalue weighted by Gasteiger charge is -2.06. The Morgan fingerprint density at radius 2 is 2.06 bits per heavy atom. The summed E-state index contributed by atoms with van der Waals surface area (Å²) < 4.78 is 18.3. The van der Waals surface area contributed by atoms with Crippen LogP contribution >= 0.6 is 15.9 Å². The number of benzene rings is 1. The second kappa shape index (κ2) is 5.22. The molecular weight excluding hydrogens is 303 g/mol. The molecule has 0 unspecified atom stereocenters. The van der Waals surface area contributed by atoms with Crippen molar-refractivity contribution in [3.8, 4) is 5.88 Å². The number of halogens is 2. The van der Waals surface area contributed by atoms with Crippen molar-refractivity contribution in [3.05, 3.63) is 52.1 Å². The monoisotopic (exact) mass is 310 g/mol. The van der Waals surface area contributed by atoms with Gasteiger partial charge in [0.05, 0.1) is 7.11 Å². The highest BCUT2D eigenvalue weighted by Crippen LogP contribution is 2.23. The Hall–Kier alpha value is -1.82. The topological polar surface area (TPSA) is 52.1 Å². The number of carbonyl (C=O) groups is 1. The molecule has 0 atom stereocenters. The standard InChI is InChI=1S/C12H8BrFN2O2/c1-18-12-10(15-4-5-16-12)11(17)8-3-2-7(14)6-9(8)13/h2-6H,1H3. The quantitative estimate of drug-likeness (QED) is 0.818. The van der Waals surface area contributed by atoms with Crippen molar-refractivity contribution in [2.45, 2.75) is 0 Å². The third kappa shape index (κ3) is 2.38. The number of rotatable bonds is 3. The van der Waals surface area contributed by atoms with E-state index in [0.29, 0.717) is 10.0 Å². The van der Waals surface area contributed by atoms with Crippen molar-refractivity contribution < 1.29 is 13.9 Å². The maximum Gasteiger partial charge on any atom is 0.243 e. The lowest BCUT2D eigenvalue weighted by atomic mass is 10.1. The lowest BCUT2D eigenvalue weighted by Crippen LogP contribution is -2.08. The van der Waals surface area contributed by atoms with Gasteiger partial charge in [-0.1, -0.05) is 0 Å². The van der Waals surface area contributed by atoms with Gasteiger partial charge in [-0.05, 0) is 34.1 Å². The second-order valence-electron chi connectivity index (χ2n) is 3.37. The van der Waals surface area contributed by atoms with Gasteiger partial charge in [-0.3, -0.25) is 4.79 Å². The Morgan fingerprint density at radius 3 is 2.72 bits per heavy atom. The molecule has 2 rings (SSSR count). The Labute approximate surface area is 111 Å². The lowest BCUT2D eigenvalue weighted by molar-refractivity contribution is 0.102. The molecule has 0 spiro atoms. The number of nitrogens with zero attached hydrogens (tertiary/aromatic N) is 2. The molecule has 0 radical (unpaired) electrons. The third-order valence-electron chi connectivity index (χ3n) is 2.25. The number of carbonyl (C=O) groups excluding carboxylic acids is 1. The summed E-state index contributed by atoms with van der Waals surface area (Å²) >= 11 is 3.14. The van der Waals surface area contributed by atoms with Crippen molar-refractivity contribution in [1.29, 1.82) is 0 Å². The molecule has 4 nitrogen and oxygen atoms in total. The van der Waals surface area contributed by atoms with Crippen LogP contribution in [0.3, 0.4) is 0 Å². The van der Waals surface area contributed by atoms with Gasteiger partial charge in [0, 0.05) is 22.4 Å². The van der Waals surface area contributed by atoms with Crippen LogP contribution in [-0.2, 0) is 0 Å². The fraction of sp³-hybridized carbons (Fsp3) is 0.0833. The van der Waals surface area contributed by atoms with E-state index in [9.17, 15) is 9.18 Å². The van der Waals surface area contributed by atoms with Gasteiger partial charge in [0.15, 0.2) is 5.69 Å². The van der Waals surface area contributed by atoms with Crippen molar-refractivity contribution in [2.75, 3.05) is 7.11 Å². The molecule has 6 heteroatoms. The van der Waals surface area contributed by atoms with Crippen LogP contribution in [0.15, 0.2) is 35.1 Å². The van der Waals surface area contributed by atoms with Crippen LogP contribution in [0.25, 0.3) is 0 Å². The smallest absolute Gasteiger partial charge is 0.243 e. The highest BCUT2D eigenvalue weighted by Gasteiger charge is 2.19. The molecule has 0 aliphatic carbocycles. The third-order valence-corrected chi connectivity index (χ3v) is 2.90. The van der Waals surface area contributed by atoms with Gasteiger partial charge in [0.25, 0.3) is 0 Å². The van der Waals surface area contributed by atoms with Crippen LogP contribution in [0.2, 0.25) is 0 Å². The van der Waals surface area contributed by atoms with E-state index in [1.165, 1.54) is 37.7 Å². The molecule has 1 heterocycles. The minimum absolute atomic E-state index is 0.0901. The zero-order valence-electron chi connectivity index (χ0n) is 9.35. The van der Waals surface area contributed by atoms with Crippen LogP contribution < -0.4 is 4.74 Å². The maximum absolute atomic E-state index is 13.0. The van der Waals surface area contributed by atoms with Crippen LogP contribution in [-0.4, -0.2) is 22.9 Å². The van der Waals surface area contributed by atoms with Gasteiger partial charge in [0.1, 0.15) is 5.82 Å². The van der Waals surface area contributed by atoms with E-state index >= 15 is 0 Å². The summed E-state index contributed by atoms with van der Waals surface area (Å²) in [5.41, 5.74) is 0.391. The molecule has 1 aromatic carbocycles. The average Bonchev–Trinajstić information content (AvgIpc) is 2.38. The number of ether oxygens (including phenoxy) is 1. The molecule has 92 valence electrons. The Balaban J connectivity index is 2.48. The Bertz CT molecular complexity index is 604. The number of hydrogen-bond donors (Lipinski definition) is 0. The van der Waals surface area contributed by atoms with E-state index in [1.54, 1.807) is 0 Å². The van der Waals surface area contributed by atoms with Gasteiger partial charge >= 0.3 is 0 Å². The Kier molecular flexibility index (Phi) is 3.66. The van der Waals surface area contributed by atoms with Gasteiger partial charge in [-0.2, -0.15) is 0 Å². The van der Waals surface area contributed by atoms with E-state index in [0.717, 1.165) is 0 Å². The average molecular weight is 311 g/mol. The van der Waals surface area contributed by atoms with Crippen LogP contribution in [0.1, 0.15) is 16.1 Å². The van der Waals surface area contributed by atoms with E-state index in [4.69, 9.17) is 4.74 Å². The highest BCUT2D eigenvalue weighted by molar-refractivity contribution is 9.10. The van der Waals surface area contributed by atoms with Crippen molar-refractivity contribution >= 4 is 21.7 Å². The van der Waals surface area contributed by atoms with E-state index in [1.807, 2.05) is 0 Å². The van der Waals surface area contributed by atoms with Crippen molar-refractivity contribution in [2.24, 2.45) is 0 Å². The molecule has 0 amide bonds. The van der Waals surface area contributed by atoms with Gasteiger partial charge in [-0.15, -0.1) is 0 Å². The fourth-order valence-electron chi connectivity index (χ4n) is 1.43. The molecule has 0 aliphatic rings. The van der Waals surface area contributed by atoms with Crippen molar-refractivity contribution in [1.82, 2.24) is 9.97 Å². The predicted molar refractivity (Wildman–Crippen MR) is 66.1 cm³/mol. The minimum atomic E-state index is -0.426. The number of ketones is 1. The molecule has 0 saturated heterocycles. The summed E-state index contributed by atoms with van der Waals surface area (Å²) in [4.78, 5) is 20.1. The van der Waals surface area contributed by atoms with Gasteiger partial charge < -0.3 is 4.74 Å². The first-order valence-corrected chi connectivity index (χ1v) is 5.77. The summed E-state index contributed by atoms with van der Waals surface area (Å²) in [6.45, 7) is 0. The Morgan fingerprint density at radius 1 is 1.33 bits per heavy atom.